The summed E-state index contributed by atoms with van der Waals surface area (Å²) >= 11 is 0. The molecule has 0 bridgehead atoms. The molecule has 1 aromatic carbocycles. The van der Waals surface area contributed by atoms with E-state index in [-0.39, 0.29) is 0 Å². The third-order valence-corrected chi connectivity index (χ3v) is 4.15. The molecule has 22 heavy (non-hydrogen) atoms. The highest BCUT2D eigenvalue weighted by molar-refractivity contribution is 5.77. The standard InChI is InChI=1S/C17H23N3O2/c1-4-20-17-13(8-5-6-11-18-17)15(19-20)12-9-7-10-14(21-2)16(12)22-3/h7,9-10,18H,4-6,8,11H2,1-3H3. The van der Waals surface area contributed by atoms with E-state index in [0.29, 0.717) is 0 Å². The van der Waals surface area contributed by atoms with Crippen molar-refractivity contribution in [3.63, 3.8) is 0 Å². The quantitative estimate of drug-likeness (QED) is 0.941. The number of ether oxygens (including phenoxy) is 2. The summed E-state index contributed by atoms with van der Waals surface area (Å²) in [6.07, 6.45) is 3.40. The predicted molar refractivity (Wildman–Crippen MR) is 87.9 cm³/mol. The number of hydrogen-bond donors (Lipinski definition) is 1. The van der Waals surface area contributed by atoms with Crippen molar-refractivity contribution in [2.24, 2.45) is 0 Å². The van der Waals surface area contributed by atoms with Crippen LogP contribution in [-0.4, -0.2) is 30.5 Å². The fraction of sp³-hybridized carbons (Fsp3) is 0.471. The number of fused-ring (bicyclic) bond motifs is 1. The zero-order valence-corrected chi connectivity index (χ0v) is 13.5. The maximum Gasteiger partial charge on any atom is 0.170 e. The van der Waals surface area contributed by atoms with Crippen LogP contribution in [0.25, 0.3) is 11.3 Å². The number of nitrogens with zero attached hydrogens (tertiary/aromatic N) is 2. The number of aryl methyl sites for hydroxylation is 1. The smallest absolute Gasteiger partial charge is 0.170 e. The highest BCUT2D eigenvalue weighted by atomic mass is 16.5. The molecular weight excluding hydrogens is 278 g/mol. The van der Waals surface area contributed by atoms with Crippen LogP contribution in [0.2, 0.25) is 0 Å². The monoisotopic (exact) mass is 301 g/mol. The van der Waals surface area contributed by atoms with Gasteiger partial charge in [-0.3, -0.25) is 0 Å². The van der Waals surface area contributed by atoms with Crippen LogP contribution in [0.4, 0.5) is 5.82 Å². The van der Waals surface area contributed by atoms with Crippen LogP contribution in [0.1, 0.15) is 25.3 Å². The van der Waals surface area contributed by atoms with Crippen LogP contribution < -0.4 is 14.8 Å². The first-order chi connectivity index (χ1) is 10.8. The van der Waals surface area contributed by atoms with Crippen LogP contribution in [0.15, 0.2) is 18.2 Å². The van der Waals surface area contributed by atoms with Crippen molar-refractivity contribution < 1.29 is 9.47 Å². The maximum atomic E-state index is 5.59. The fourth-order valence-electron chi connectivity index (χ4n) is 3.09. The molecule has 0 fully saturated rings. The van der Waals surface area contributed by atoms with Crippen molar-refractivity contribution >= 4 is 5.82 Å². The third-order valence-electron chi connectivity index (χ3n) is 4.15. The van der Waals surface area contributed by atoms with Crippen molar-refractivity contribution in [1.82, 2.24) is 9.78 Å². The van der Waals surface area contributed by atoms with Crippen molar-refractivity contribution in [3.8, 4) is 22.8 Å². The molecule has 0 radical (unpaired) electrons. The van der Waals surface area contributed by atoms with Crippen LogP contribution in [0.5, 0.6) is 11.5 Å². The van der Waals surface area contributed by atoms with E-state index in [1.807, 2.05) is 12.1 Å². The Morgan fingerprint density at radius 1 is 1.23 bits per heavy atom. The van der Waals surface area contributed by atoms with Crippen LogP contribution >= 0.6 is 0 Å². The van der Waals surface area contributed by atoms with E-state index in [2.05, 4.69) is 23.0 Å². The number of aromatic nitrogens is 2. The van der Waals surface area contributed by atoms with Crippen molar-refractivity contribution in [1.29, 1.82) is 0 Å². The average molecular weight is 301 g/mol. The highest BCUT2D eigenvalue weighted by Crippen LogP contribution is 2.41. The molecule has 0 amide bonds. The normalized spacial score (nSPS) is 14.0. The number of para-hydroxylation sites is 1. The molecule has 0 atom stereocenters. The van der Waals surface area contributed by atoms with Gasteiger partial charge in [0.1, 0.15) is 11.5 Å². The number of anilines is 1. The van der Waals surface area contributed by atoms with E-state index in [4.69, 9.17) is 14.6 Å². The van der Waals surface area contributed by atoms with Crippen LogP contribution in [-0.2, 0) is 13.0 Å². The summed E-state index contributed by atoms with van der Waals surface area (Å²) in [4.78, 5) is 0. The molecule has 118 valence electrons. The van der Waals surface area contributed by atoms with Gasteiger partial charge < -0.3 is 14.8 Å². The van der Waals surface area contributed by atoms with Crippen LogP contribution in [0, 0.1) is 0 Å². The van der Waals surface area contributed by atoms with Gasteiger partial charge in [0, 0.05) is 24.2 Å². The molecule has 1 aliphatic heterocycles. The van der Waals surface area contributed by atoms with E-state index < -0.39 is 0 Å². The van der Waals surface area contributed by atoms with Gasteiger partial charge in [-0.1, -0.05) is 6.07 Å². The Hall–Kier alpha value is -2.17. The summed E-state index contributed by atoms with van der Waals surface area (Å²) in [5, 5.41) is 8.35. The Labute approximate surface area is 131 Å². The molecule has 0 saturated heterocycles. The lowest BCUT2D eigenvalue weighted by molar-refractivity contribution is 0.356. The lowest BCUT2D eigenvalue weighted by Crippen LogP contribution is -2.07. The minimum Gasteiger partial charge on any atom is -0.493 e. The molecule has 2 aromatic rings. The van der Waals surface area contributed by atoms with Crippen molar-refractivity contribution in [3.05, 3.63) is 23.8 Å². The molecule has 1 aliphatic rings. The zero-order chi connectivity index (χ0) is 15.5. The predicted octanol–water partition coefficient (Wildman–Crippen LogP) is 3.34. The summed E-state index contributed by atoms with van der Waals surface area (Å²) in [6.45, 7) is 3.97. The van der Waals surface area contributed by atoms with Gasteiger partial charge in [0.25, 0.3) is 0 Å². The van der Waals surface area contributed by atoms with Gasteiger partial charge in [-0.05, 0) is 38.3 Å². The number of hydrogen-bond acceptors (Lipinski definition) is 4. The van der Waals surface area contributed by atoms with Gasteiger partial charge in [0.05, 0.1) is 14.2 Å². The molecule has 5 nitrogen and oxygen atoms in total. The molecule has 0 saturated carbocycles. The number of nitrogens with one attached hydrogen (secondary N) is 1. The summed E-state index contributed by atoms with van der Waals surface area (Å²) in [7, 11) is 3.34. The molecule has 1 aromatic heterocycles. The van der Waals surface area contributed by atoms with Gasteiger partial charge in [0.15, 0.2) is 11.5 Å². The highest BCUT2D eigenvalue weighted by Gasteiger charge is 2.23. The molecule has 2 heterocycles. The first-order valence-electron chi connectivity index (χ1n) is 7.85. The van der Waals surface area contributed by atoms with Gasteiger partial charge in [-0.15, -0.1) is 0 Å². The Balaban J connectivity index is 2.19. The van der Waals surface area contributed by atoms with Crippen molar-refractivity contribution in [2.45, 2.75) is 32.7 Å². The SMILES string of the molecule is CCn1nc(-c2cccc(OC)c2OC)c2c1NCCCC2. The first-order valence-corrected chi connectivity index (χ1v) is 7.85. The topological polar surface area (TPSA) is 48.3 Å². The summed E-state index contributed by atoms with van der Waals surface area (Å²) < 4.78 is 13.1. The molecule has 0 unspecified atom stereocenters. The number of benzene rings is 1. The lowest BCUT2D eigenvalue weighted by Gasteiger charge is -2.12. The van der Waals surface area contributed by atoms with E-state index in [0.717, 1.165) is 48.1 Å². The van der Waals surface area contributed by atoms with E-state index in [1.54, 1.807) is 14.2 Å². The third kappa shape index (κ3) is 2.40. The van der Waals surface area contributed by atoms with Gasteiger partial charge in [-0.25, -0.2) is 4.68 Å². The largest absolute Gasteiger partial charge is 0.493 e. The Morgan fingerprint density at radius 2 is 2.09 bits per heavy atom. The summed E-state index contributed by atoms with van der Waals surface area (Å²) in [5.41, 5.74) is 3.28. The average Bonchev–Trinajstić information content (AvgIpc) is 2.73. The second-order valence-electron chi connectivity index (χ2n) is 5.42. The molecule has 5 heteroatoms. The first kappa shape index (κ1) is 14.8. The minimum absolute atomic E-state index is 0.737. The second-order valence-corrected chi connectivity index (χ2v) is 5.42. The van der Waals surface area contributed by atoms with E-state index >= 15 is 0 Å². The van der Waals surface area contributed by atoms with Gasteiger partial charge in [-0.2, -0.15) is 5.10 Å². The molecule has 0 spiro atoms. The summed E-state index contributed by atoms with van der Waals surface area (Å²) in [5.74, 6) is 2.64. The summed E-state index contributed by atoms with van der Waals surface area (Å²) in [6, 6.07) is 5.95. The van der Waals surface area contributed by atoms with Crippen LogP contribution in [0.3, 0.4) is 0 Å². The van der Waals surface area contributed by atoms with Gasteiger partial charge in [0.2, 0.25) is 0 Å². The minimum atomic E-state index is 0.737. The van der Waals surface area contributed by atoms with E-state index in [1.165, 1.54) is 18.4 Å². The fourth-order valence-corrected chi connectivity index (χ4v) is 3.09. The molecule has 1 N–H and O–H groups in total. The number of methoxy groups -OCH3 is 2. The Bertz CT molecular complexity index is 664. The second kappa shape index (κ2) is 6.30. The zero-order valence-electron chi connectivity index (χ0n) is 13.5. The van der Waals surface area contributed by atoms with E-state index in [9.17, 15) is 0 Å². The lowest BCUT2D eigenvalue weighted by atomic mass is 10.0. The van der Waals surface area contributed by atoms with Gasteiger partial charge >= 0.3 is 0 Å². The Kier molecular flexibility index (Phi) is 4.22. The number of rotatable bonds is 4. The molecule has 3 rings (SSSR count). The molecular formula is C17H23N3O2. The maximum absolute atomic E-state index is 5.59. The Morgan fingerprint density at radius 3 is 2.82 bits per heavy atom. The molecule has 0 aliphatic carbocycles. The van der Waals surface area contributed by atoms with Crippen molar-refractivity contribution in [2.75, 3.05) is 26.1 Å².